The zero-order chi connectivity index (χ0) is 17.4. The molecule has 2 unspecified atom stereocenters. The van der Waals surface area contributed by atoms with Crippen molar-refractivity contribution >= 4 is 5.91 Å². The van der Waals surface area contributed by atoms with E-state index < -0.39 is 0 Å². The summed E-state index contributed by atoms with van der Waals surface area (Å²) in [6, 6.07) is 12.3. The minimum absolute atomic E-state index is 0.0636. The van der Waals surface area contributed by atoms with Crippen molar-refractivity contribution in [2.45, 2.75) is 51.1 Å². The Labute approximate surface area is 149 Å². The molecule has 1 aliphatic heterocycles. The van der Waals surface area contributed by atoms with Gasteiger partial charge >= 0.3 is 0 Å². The SMILES string of the molecule is CC1(N)CCCCC1C(=O)N1CCc2cc(-c3ccccc3)oc2C1. The van der Waals surface area contributed by atoms with Gasteiger partial charge in [0.1, 0.15) is 11.5 Å². The highest BCUT2D eigenvalue weighted by atomic mass is 16.3. The summed E-state index contributed by atoms with van der Waals surface area (Å²) in [6.07, 6.45) is 4.91. The van der Waals surface area contributed by atoms with E-state index in [1.54, 1.807) is 0 Å². The number of carbonyl (C=O) groups is 1. The Morgan fingerprint density at radius 2 is 2.08 bits per heavy atom. The standard InChI is InChI=1S/C21H26N2O2/c1-21(22)11-6-5-9-17(21)20(24)23-12-10-16-13-18(25-19(16)14-23)15-7-3-2-4-8-15/h2-4,7-8,13,17H,5-6,9-12,14,22H2,1H3. The third kappa shape index (κ3) is 3.11. The quantitative estimate of drug-likeness (QED) is 0.907. The van der Waals surface area contributed by atoms with E-state index in [9.17, 15) is 4.79 Å². The first-order valence-electron chi connectivity index (χ1n) is 9.29. The molecule has 2 atom stereocenters. The molecule has 2 aliphatic rings. The van der Waals surface area contributed by atoms with Gasteiger partial charge in [-0.2, -0.15) is 0 Å². The number of carbonyl (C=O) groups excluding carboxylic acids is 1. The predicted octanol–water partition coefficient (Wildman–Crippen LogP) is 3.74. The summed E-state index contributed by atoms with van der Waals surface area (Å²) >= 11 is 0. The fraction of sp³-hybridized carbons (Fsp3) is 0.476. The molecule has 4 nitrogen and oxygen atoms in total. The molecule has 25 heavy (non-hydrogen) atoms. The summed E-state index contributed by atoms with van der Waals surface area (Å²) in [6.45, 7) is 3.35. The van der Waals surface area contributed by atoms with Gasteiger partial charge in [-0.05, 0) is 37.8 Å². The Hall–Kier alpha value is -2.07. The van der Waals surface area contributed by atoms with Crippen LogP contribution in [0.4, 0.5) is 0 Å². The Balaban J connectivity index is 1.53. The summed E-state index contributed by atoms with van der Waals surface area (Å²) in [5.41, 5.74) is 8.36. The van der Waals surface area contributed by atoms with Crippen molar-refractivity contribution in [3.05, 3.63) is 47.7 Å². The second-order valence-corrected chi connectivity index (χ2v) is 7.74. The maximum absolute atomic E-state index is 13.1. The number of nitrogens with zero attached hydrogens (tertiary/aromatic N) is 1. The van der Waals surface area contributed by atoms with E-state index in [2.05, 4.69) is 18.2 Å². The van der Waals surface area contributed by atoms with Crippen molar-refractivity contribution in [3.63, 3.8) is 0 Å². The molecule has 4 rings (SSSR count). The molecule has 132 valence electrons. The van der Waals surface area contributed by atoms with Crippen LogP contribution in [0.5, 0.6) is 0 Å². The van der Waals surface area contributed by atoms with Crippen molar-refractivity contribution in [1.82, 2.24) is 4.90 Å². The number of nitrogens with two attached hydrogens (primary N) is 1. The third-order valence-electron chi connectivity index (χ3n) is 5.80. The molecular weight excluding hydrogens is 312 g/mol. The van der Waals surface area contributed by atoms with Crippen LogP contribution in [0.2, 0.25) is 0 Å². The minimum atomic E-state index is -0.381. The van der Waals surface area contributed by atoms with Gasteiger partial charge in [-0.25, -0.2) is 0 Å². The van der Waals surface area contributed by atoms with Crippen molar-refractivity contribution < 1.29 is 9.21 Å². The average molecular weight is 338 g/mol. The maximum atomic E-state index is 13.1. The predicted molar refractivity (Wildman–Crippen MR) is 97.8 cm³/mol. The van der Waals surface area contributed by atoms with Crippen LogP contribution in [0.15, 0.2) is 40.8 Å². The normalized spacial score (nSPS) is 26.3. The fourth-order valence-corrected chi connectivity index (χ4v) is 4.24. The van der Waals surface area contributed by atoms with Gasteiger partial charge in [-0.1, -0.05) is 43.2 Å². The first-order valence-corrected chi connectivity index (χ1v) is 9.29. The molecular formula is C21H26N2O2. The summed E-state index contributed by atoms with van der Waals surface area (Å²) in [7, 11) is 0. The van der Waals surface area contributed by atoms with Crippen LogP contribution in [0.1, 0.15) is 43.9 Å². The zero-order valence-electron chi connectivity index (χ0n) is 14.8. The topological polar surface area (TPSA) is 59.5 Å². The van der Waals surface area contributed by atoms with Crippen LogP contribution in [0.25, 0.3) is 11.3 Å². The van der Waals surface area contributed by atoms with Crippen molar-refractivity contribution in [1.29, 1.82) is 0 Å². The smallest absolute Gasteiger partial charge is 0.227 e. The van der Waals surface area contributed by atoms with Gasteiger partial charge in [0, 0.05) is 17.6 Å². The highest BCUT2D eigenvalue weighted by Crippen LogP contribution is 2.35. The molecule has 1 saturated carbocycles. The van der Waals surface area contributed by atoms with Crippen LogP contribution in [-0.2, 0) is 17.8 Å². The van der Waals surface area contributed by atoms with Crippen molar-refractivity contribution in [2.75, 3.05) is 6.54 Å². The second-order valence-electron chi connectivity index (χ2n) is 7.74. The van der Waals surface area contributed by atoms with Crippen LogP contribution in [0, 0.1) is 5.92 Å². The lowest BCUT2D eigenvalue weighted by Gasteiger charge is -2.40. The van der Waals surface area contributed by atoms with Crippen LogP contribution in [-0.4, -0.2) is 22.9 Å². The molecule has 1 amide bonds. The molecule has 4 heteroatoms. The van der Waals surface area contributed by atoms with E-state index in [0.29, 0.717) is 6.54 Å². The highest BCUT2D eigenvalue weighted by Gasteiger charge is 2.40. The Bertz CT molecular complexity index is 763. The average Bonchev–Trinajstić information content (AvgIpc) is 3.05. The largest absolute Gasteiger partial charge is 0.459 e. The van der Waals surface area contributed by atoms with Crippen molar-refractivity contribution in [2.24, 2.45) is 11.7 Å². The van der Waals surface area contributed by atoms with Gasteiger partial charge in [0.2, 0.25) is 5.91 Å². The van der Waals surface area contributed by atoms with E-state index in [1.807, 2.05) is 30.0 Å². The molecule has 2 heterocycles. The Kier molecular flexibility index (Phi) is 4.16. The molecule has 1 aromatic carbocycles. The van der Waals surface area contributed by atoms with E-state index in [1.165, 1.54) is 5.56 Å². The van der Waals surface area contributed by atoms with Gasteiger partial charge in [0.25, 0.3) is 0 Å². The lowest BCUT2D eigenvalue weighted by molar-refractivity contribution is -0.140. The van der Waals surface area contributed by atoms with E-state index >= 15 is 0 Å². The molecule has 0 spiro atoms. The number of furan rings is 1. The number of hydrogen-bond donors (Lipinski definition) is 1. The second kappa shape index (κ2) is 6.34. The van der Waals surface area contributed by atoms with E-state index in [0.717, 1.165) is 55.7 Å². The van der Waals surface area contributed by atoms with Gasteiger partial charge in [-0.15, -0.1) is 0 Å². The number of rotatable bonds is 2. The highest BCUT2D eigenvalue weighted by molar-refractivity contribution is 5.80. The zero-order valence-corrected chi connectivity index (χ0v) is 14.8. The Morgan fingerprint density at radius 3 is 2.84 bits per heavy atom. The number of hydrogen-bond acceptors (Lipinski definition) is 3. The first kappa shape index (κ1) is 16.4. The van der Waals surface area contributed by atoms with Gasteiger partial charge < -0.3 is 15.1 Å². The minimum Gasteiger partial charge on any atom is -0.459 e. The number of fused-ring (bicyclic) bond motifs is 1. The fourth-order valence-electron chi connectivity index (χ4n) is 4.24. The summed E-state index contributed by atoms with van der Waals surface area (Å²) in [5, 5.41) is 0. The lowest BCUT2D eigenvalue weighted by Crippen LogP contribution is -2.54. The van der Waals surface area contributed by atoms with E-state index in [-0.39, 0.29) is 17.4 Å². The van der Waals surface area contributed by atoms with Crippen LogP contribution in [0.3, 0.4) is 0 Å². The van der Waals surface area contributed by atoms with Crippen LogP contribution < -0.4 is 5.73 Å². The lowest BCUT2D eigenvalue weighted by atomic mass is 9.74. The van der Waals surface area contributed by atoms with Crippen LogP contribution >= 0.6 is 0 Å². The van der Waals surface area contributed by atoms with E-state index in [4.69, 9.17) is 10.2 Å². The van der Waals surface area contributed by atoms with Gasteiger partial charge in [0.05, 0.1) is 12.5 Å². The molecule has 2 N–H and O–H groups in total. The van der Waals surface area contributed by atoms with Crippen molar-refractivity contribution in [3.8, 4) is 11.3 Å². The monoisotopic (exact) mass is 338 g/mol. The summed E-state index contributed by atoms with van der Waals surface area (Å²) in [5.74, 6) is 1.95. The molecule has 0 bridgehead atoms. The summed E-state index contributed by atoms with van der Waals surface area (Å²) < 4.78 is 6.09. The number of benzene rings is 1. The molecule has 0 radical (unpaired) electrons. The molecule has 1 aliphatic carbocycles. The van der Waals surface area contributed by atoms with Gasteiger partial charge in [0.15, 0.2) is 0 Å². The number of amides is 1. The molecule has 2 aromatic rings. The maximum Gasteiger partial charge on any atom is 0.227 e. The molecule has 0 saturated heterocycles. The first-order chi connectivity index (χ1) is 12.0. The van der Waals surface area contributed by atoms with Gasteiger partial charge in [-0.3, -0.25) is 4.79 Å². The molecule has 1 aromatic heterocycles. The Morgan fingerprint density at radius 1 is 1.28 bits per heavy atom. The summed E-state index contributed by atoms with van der Waals surface area (Å²) in [4.78, 5) is 15.0. The third-order valence-corrected chi connectivity index (χ3v) is 5.80. The molecule has 1 fully saturated rings.